The molecule has 3 heteroatoms. The van der Waals surface area contributed by atoms with Gasteiger partial charge in [0.15, 0.2) is 0 Å². The van der Waals surface area contributed by atoms with E-state index in [1.807, 2.05) is 6.92 Å². The second-order valence-electron chi connectivity index (χ2n) is 5.03. The van der Waals surface area contributed by atoms with Crippen LogP contribution in [-0.2, 0) is 14.3 Å². The van der Waals surface area contributed by atoms with E-state index in [9.17, 15) is 9.59 Å². The number of rotatable bonds is 4. The second-order valence-corrected chi connectivity index (χ2v) is 5.03. The molecule has 0 radical (unpaired) electrons. The van der Waals surface area contributed by atoms with E-state index in [1.165, 1.54) is 0 Å². The highest BCUT2D eigenvalue weighted by Gasteiger charge is 2.35. The lowest BCUT2D eigenvalue weighted by Crippen LogP contribution is -2.33. The van der Waals surface area contributed by atoms with Gasteiger partial charge in [0.25, 0.3) is 0 Å². The average molecular weight is 226 g/mol. The molecule has 0 aromatic carbocycles. The molecule has 2 unspecified atom stereocenters. The van der Waals surface area contributed by atoms with E-state index in [-0.39, 0.29) is 17.8 Å². The van der Waals surface area contributed by atoms with Crippen LogP contribution in [0.1, 0.15) is 46.5 Å². The first-order chi connectivity index (χ1) is 7.54. The summed E-state index contributed by atoms with van der Waals surface area (Å²) in [4.78, 5) is 23.2. The van der Waals surface area contributed by atoms with Gasteiger partial charge < -0.3 is 4.74 Å². The fourth-order valence-electron chi connectivity index (χ4n) is 2.50. The minimum atomic E-state index is -0.111. The molecule has 0 heterocycles. The van der Waals surface area contributed by atoms with Crippen LogP contribution in [0.2, 0.25) is 0 Å². The third-order valence-electron chi connectivity index (χ3n) is 3.16. The normalized spacial score (nSPS) is 25.9. The molecule has 0 bridgehead atoms. The van der Waals surface area contributed by atoms with Crippen molar-refractivity contribution in [1.29, 1.82) is 0 Å². The number of carbonyl (C=O) groups is 2. The lowest BCUT2D eigenvalue weighted by Gasteiger charge is -2.30. The first kappa shape index (κ1) is 13.2. The van der Waals surface area contributed by atoms with Gasteiger partial charge >= 0.3 is 5.97 Å². The molecule has 0 aromatic rings. The minimum absolute atomic E-state index is 0.0555. The predicted octanol–water partition coefficient (Wildman–Crippen LogP) is 2.58. The van der Waals surface area contributed by atoms with Gasteiger partial charge in [-0.25, -0.2) is 0 Å². The summed E-state index contributed by atoms with van der Waals surface area (Å²) < 4.78 is 5.08. The van der Waals surface area contributed by atoms with Crippen LogP contribution in [0, 0.1) is 17.8 Å². The SMILES string of the molecule is CCOC(=O)C1CCC(=O)CC1CC(C)C. The maximum absolute atomic E-state index is 11.8. The Morgan fingerprint density at radius 2 is 2.19 bits per heavy atom. The monoisotopic (exact) mass is 226 g/mol. The van der Waals surface area contributed by atoms with E-state index in [2.05, 4.69) is 13.8 Å². The van der Waals surface area contributed by atoms with Crippen molar-refractivity contribution < 1.29 is 14.3 Å². The Balaban J connectivity index is 2.63. The lowest BCUT2D eigenvalue weighted by atomic mass is 9.75. The van der Waals surface area contributed by atoms with E-state index >= 15 is 0 Å². The van der Waals surface area contributed by atoms with Crippen LogP contribution >= 0.6 is 0 Å². The Bertz CT molecular complexity index is 258. The average Bonchev–Trinajstić information content (AvgIpc) is 2.16. The van der Waals surface area contributed by atoms with Crippen molar-refractivity contribution in [3.05, 3.63) is 0 Å². The van der Waals surface area contributed by atoms with Gasteiger partial charge in [-0.1, -0.05) is 13.8 Å². The largest absolute Gasteiger partial charge is 0.466 e. The van der Waals surface area contributed by atoms with Crippen molar-refractivity contribution in [3.8, 4) is 0 Å². The number of hydrogen-bond donors (Lipinski definition) is 0. The van der Waals surface area contributed by atoms with Gasteiger partial charge in [-0.3, -0.25) is 9.59 Å². The van der Waals surface area contributed by atoms with Crippen molar-refractivity contribution >= 4 is 11.8 Å². The smallest absolute Gasteiger partial charge is 0.309 e. The number of hydrogen-bond acceptors (Lipinski definition) is 3. The molecular weight excluding hydrogens is 204 g/mol. The van der Waals surface area contributed by atoms with Gasteiger partial charge in [-0.2, -0.15) is 0 Å². The number of ether oxygens (including phenoxy) is 1. The van der Waals surface area contributed by atoms with Crippen molar-refractivity contribution in [2.24, 2.45) is 17.8 Å². The number of esters is 1. The van der Waals surface area contributed by atoms with Gasteiger partial charge in [0, 0.05) is 12.8 Å². The predicted molar refractivity (Wildman–Crippen MR) is 61.9 cm³/mol. The fourth-order valence-corrected chi connectivity index (χ4v) is 2.50. The van der Waals surface area contributed by atoms with Crippen LogP contribution in [-0.4, -0.2) is 18.4 Å². The van der Waals surface area contributed by atoms with Crippen LogP contribution in [0.15, 0.2) is 0 Å². The van der Waals surface area contributed by atoms with Gasteiger partial charge in [0.2, 0.25) is 0 Å². The quantitative estimate of drug-likeness (QED) is 0.692. The molecule has 0 aliphatic heterocycles. The highest BCUT2D eigenvalue weighted by atomic mass is 16.5. The summed E-state index contributed by atoms with van der Waals surface area (Å²) >= 11 is 0. The van der Waals surface area contributed by atoms with E-state index in [4.69, 9.17) is 4.74 Å². The summed E-state index contributed by atoms with van der Waals surface area (Å²) in [6.07, 6.45) is 2.71. The summed E-state index contributed by atoms with van der Waals surface area (Å²) in [6, 6.07) is 0. The Morgan fingerprint density at radius 1 is 1.50 bits per heavy atom. The van der Waals surface area contributed by atoms with Crippen LogP contribution in [0.25, 0.3) is 0 Å². The van der Waals surface area contributed by atoms with Gasteiger partial charge in [-0.15, -0.1) is 0 Å². The van der Waals surface area contributed by atoms with Crippen LogP contribution in [0.3, 0.4) is 0 Å². The van der Waals surface area contributed by atoms with Crippen molar-refractivity contribution in [2.45, 2.75) is 46.5 Å². The van der Waals surface area contributed by atoms with E-state index in [0.717, 1.165) is 6.42 Å². The van der Waals surface area contributed by atoms with Gasteiger partial charge in [0.1, 0.15) is 5.78 Å². The zero-order valence-corrected chi connectivity index (χ0v) is 10.5. The van der Waals surface area contributed by atoms with Crippen LogP contribution in [0.5, 0.6) is 0 Å². The molecule has 1 rings (SSSR count). The standard InChI is InChI=1S/C13H22O3/c1-4-16-13(15)12-6-5-11(14)8-10(12)7-9(2)3/h9-10,12H,4-8H2,1-3H3. The van der Waals surface area contributed by atoms with Gasteiger partial charge in [0.05, 0.1) is 12.5 Å². The molecule has 92 valence electrons. The molecule has 0 saturated heterocycles. The zero-order valence-electron chi connectivity index (χ0n) is 10.5. The molecule has 2 atom stereocenters. The highest BCUT2D eigenvalue weighted by Crippen LogP contribution is 2.33. The second kappa shape index (κ2) is 6.02. The van der Waals surface area contributed by atoms with Crippen molar-refractivity contribution in [3.63, 3.8) is 0 Å². The first-order valence-corrected chi connectivity index (χ1v) is 6.22. The molecule has 0 spiro atoms. The third-order valence-corrected chi connectivity index (χ3v) is 3.16. The lowest BCUT2D eigenvalue weighted by molar-refractivity contribution is -0.152. The van der Waals surface area contributed by atoms with E-state index in [0.29, 0.717) is 37.6 Å². The van der Waals surface area contributed by atoms with Crippen LogP contribution in [0.4, 0.5) is 0 Å². The summed E-state index contributed by atoms with van der Waals surface area (Å²) in [5, 5.41) is 0. The molecule has 0 aromatic heterocycles. The first-order valence-electron chi connectivity index (χ1n) is 6.22. The molecular formula is C13H22O3. The molecule has 16 heavy (non-hydrogen) atoms. The Morgan fingerprint density at radius 3 is 2.75 bits per heavy atom. The number of Topliss-reactive ketones (excluding diaryl/α,β-unsaturated/α-hetero) is 1. The van der Waals surface area contributed by atoms with Crippen molar-refractivity contribution in [2.75, 3.05) is 6.61 Å². The van der Waals surface area contributed by atoms with E-state index in [1.54, 1.807) is 0 Å². The fraction of sp³-hybridized carbons (Fsp3) is 0.846. The van der Waals surface area contributed by atoms with Gasteiger partial charge in [-0.05, 0) is 31.6 Å². The summed E-state index contributed by atoms with van der Waals surface area (Å²) in [5.74, 6) is 0.847. The molecule has 1 fully saturated rings. The summed E-state index contributed by atoms with van der Waals surface area (Å²) in [6.45, 7) is 6.50. The molecule has 1 saturated carbocycles. The number of ketones is 1. The molecule has 1 aliphatic rings. The Kier molecular flexibility index (Phi) is 4.97. The molecule has 0 N–H and O–H groups in total. The van der Waals surface area contributed by atoms with Crippen LogP contribution < -0.4 is 0 Å². The van der Waals surface area contributed by atoms with Crippen molar-refractivity contribution in [1.82, 2.24) is 0 Å². The molecule has 1 aliphatic carbocycles. The number of carbonyl (C=O) groups excluding carboxylic acids is 2. The maximum atomic E-state index is 11.8. The Labute approximate surface area is 97.5 Å². The van der Waals surface area contributed by atoms with E-state index < -0.39 is 0 Å². The Hall–Kier alpha value is -0.860. The zero-order chi connectivity index (χ0) is 12.1. The molecule has 0 amide bonds. The third kappa shape index (κ3) is 3.62. The topological polar surface area (TPSA) is 43.4 Å². The highest BCUT2D eigenvalue weighted by molar-refractivity contribution is 5.83. The molecule has 3 nitrogen and oxygen atoms in total. The maximum Gasteiger partial charge on any atom is 0.309 e. The summed E-state index contributed by atoms with van der Waals surface area (Å²) in [7, 11) is 0. The summed E-state index contributed by atoms with van der Waals surface area (Å²) in [5.41, 5.74) is 0. The minimum Gasteiger partial charge on any atom is -0.466 e.